The highest BCUT2D eigenvalue weighted by Crippen LogP contribution is 2.13. The highest BCUT2D eigenvalue weighted by atomic mass is 79.9. The molecule has 1 aliphatic heterocycles. The molecular formula is C15H24BrCl2N3O. The summed E-state index contributed by atoms with van der Waals surface area (Å²) in [7, 11) is 1.88. The first-order chi connectivity index (χ1) is 9.58. The molecule has 22 heavy (non-hydrogen) atoms. The third kappa shape index (κ3) is 6.05. The van der Waals surface area contributed by atoms with E-state index in [9.17, 15) is 4.79 Å². The molecule has 1 amide bonds. The van der Waals surface area contributed by atoms with Crippen LogP contribution in [-0.2, 0) is 11.3 Å². The van der Waals surface area contributed by atoms with Crippen molar-refractivity contribution in [3.63, 3.8) is 0 Å². The largest absolute Gasteiger partial charge is 0.340 e. The van der Waals surface area contributed by atoms with Gasteiger partial charge < -0.3 is 10.2 Å². The molecule has 1 heterocycles. The summed E-state index contributed by atoms with van der Waals surface area (Å²) in [5.74, 6) is 0.190. The number of amides is 1. The number of carbonyl (C=O) groups excluding carboxylic acids is 1. The van der Waals surface area contributed by atoms with E-state index >= 15 is 0 Å². The summed E-state index contributed by atoms with van der Waals surface area (Å²) < 4.78 is 1.06. The summed E-state index contributed by atoms with van der Waals surface area (Å²) in [6, 6.07) is 8.06. The lowest BCUT2D eigenvalue weighted by Gasteiger charge is -2.34. The lowest BCUT2D eigenvalue weighted by Crippen LogP contribution is -2.52. The number of halogens is 3. The molecule has 4 nitrogen and oxygen atoms in total. The van der Waals surface area contributed by atoms with Gasteiger partial charge in [0.1, 0.15) is 0 Å². The van der Waals surface area contributed by atoms with Gasteiger partial charge in [0.2, 0.25) is 5.91 Å². The van der Waals surface area contributed by atoms with Gasteiger partial charge in [-0.25, -0.2) is 0 Å². The zero-order chi connectivity index (χ0) is 14.5. The average molecular weight is 413 g/mol. The minimum absolute atomic E-state index is 0. The highest BCUT2D eigenvalue weighted by molar-refractivity contribution is 9.10. The first kappa shape index (κ1) is 21.7. The van der Waals surface area contributed by atoms with Crippen LogP contribution in [0, 0.1) is 0 Å². The van der Waals surface area contributed by atoms with E-state index in [-0.39, 0.29) is 36.8 Å². The standard InChI is InChI=1S/C15H22BrN3O.2ClH/c1-12(19-9-7-17-8-10-19)15(20)18(2)11-13-3-5-14(16)6-4-13;;/h3-6,12,17H,7-11H2,1-2H3;2*1H. The minimum Gasteiger partial charge on any atom is -0.340 e. The number of hydrogen-bond acceptors (Lipinski definition) is 3. The summed E-state index contributed by atoms with van der Waals surface area (Å²) in [6.45, 7) is 6.48. The highest BCUT2D eigenvalue weighted by Gasteiger charge is 2.25. The topological polar surface area (TPSA) is 35.6 Å². The first-order valence-electron chi connectivity index (χ1n) is 7.02. The summed E-state index contributed by atoms with van der Waals surface area (Å²) in [5.41, 5.74) is 1.15. The number of rotatable bonds is 4. The molecule has 1 aromatic carbocycles. The second kappa shape index (κ2) is 10.4. The van der Waals surface area contributed by atoms with E-state index in [1.807, 2.05) is 43.1 Å². The molecule has 1 aromatic rings. The molecule has 0 aliphatic carbocycles. The van der Waals surface area contributed by atoms with Crippen molar-refractivity contribution in [2.45, 2.75) is 19.5 Å². The minimum atomic E-state index is -0.0439. The molecule has 7 heteroatoms. The quantitative estimate of drug-likeness (QED) is 0.825. The van der Waals surface area contributed by atoms with E-state index in [1.165, 1.54) is 0 Å². The molecular weight excluding hydrogens is 389 g/mol. The first-order valence-corrected chi connectivity index (χ1v) is 7.81. The average Bonchev–Trinajstić information content (AvgIpc) is 2.49. The fourth-order valence-electron chi connectivity index (χ4n) is 2.49. The lowest BCUT2D eigenvalue weighted by atomic mass is 10.2. The fraction of sp³-hybridized carbons (Fsp3) is 0.533. The molecule has 2 rings (SSSR count). The number of nitrogens with zero attached hydrogens (tertiary/aromatic N) is 2. The van der Waals surface area contributed by atoms with Crippen LogP contribution in [0.5, 0.6) is 0 Å². The number of likely N-dealkylation sites (N-methyl/N-ethyl adjacent to an activating group) is 1. The monoisotopic (exact) mass is 411 g/mol. The molecule has 1 N–H and O–H groups in total. The van der Waals surface area contributed by atoms with Crippen molar-refractivity contribution < 1.29 is 4.79 Å². The number of carbonyl (C=O) groups is 1. The summed E-state index contributed by atoms with van der Waals surface area (Å²) >= 11 is 3.42. The van der Waals surface area contributed by atoms with E-state index in [0.717, 1.165) is 36.2 Å². The molecule has 0 saturated carbocycles. The van der Waals surface area contributed by atoms with Gasteiger partial charge in [0.05, 0.1) is 6.04 Å². The number of hydrogen-bond donors (Lipinski definition) is 1. The number of piperazine rings is 1. The van der Waals surface area contributed by atoms with Crippen molar-refractivity contribution in [2.24, 2.45) is 0 Å². The van der Waals surface area contributed by atoms with Crippen molar-refractivity contribution in [2.75, 3.05) is 33.2 Å². The van der Waals surface area contributed by atoms with Crippen LogP contribution < -0.4 is 5.32 Å². The molecule has 0 aromatic heterocycles. The Labute approximate surface area is 153 Å². The van der Waals surface area contributed by atoms with Crippen LogP contribution in [0.25, 0.3) is 0 Å². The summed E-state index contributed by atoms with van der Waals surface area (Å²) in [5, 5.41) is 3.31. The molecule has 0 radical (unpaired) electrons. The Morgan fingerprint density at radius 3 is 2.36 bits per heavy atom. The van der Waals surface area contributed by atoms with Gasteiger partial charge in [0, 0.05) is 44.2 Å². The van der Waals surface area contributed by atoms with Crippen molar-refractivity contribution >= 4 is 46.7 Å². The molecule has 1 aliphatic rings. The Morgan fingerprint density at radius 1 is 1.27 bits per heavy atom. The Bertz CT molecular complexity index is 453. The van der Waals surface area contributed by atoms with Gasteiger partial charge in [-0.3, -0.25) is 9.69 Å². The van der Waals surface area contributed by atoms with Crippen LogP contribution in [0.3, 0.4) is 0 Å². The van der Waals surface area contributed by atoms with Gasteiger partial charge in [-0.2, -0.15) is 0 Å². The summed E-state index contributed by atoms with van der Waals surface area (Å²) in [4.78, 5) is 16.5. The Hall–Kier alpha value is -0.330. The van der Waals surface area contributed by atoms with Crippen molar-refractivity contribution in [1.29, 1.82) is 0 Å². The smallest absolute Gasteiger partial charge is 0.239 e. The molecule has 0 spiro atoms. The van der Waals surface area contributed by atoms with Gasteiger partial charge >= 0.3 is 0 Å². The van der Waals surface area contributed by atoms with Crippen molar-refractivity contribution in [1.82, 2.24) is 15.1 Å². The molecule has 126 valence electrons. The Kier molecular flexibility index (Phi) is 10.3. The molecule has 0 bridgehead atoms. The maximum Gasteiger partial charge on any atom is 0.239 e. The third-order valence-electron chi connectivity index (χ3n) is 3.77. The van der Waals surface area contributed by atoms with E-state index < -0.39 is 0 Å². The zero-order valence-corrected chi connectivity index (χ0v) is 16.1. The van der Waals surface area contributed by atoms with Gasteiger partial charge in [-0.15, -0.1) is 24.8 Å². The lowest BCUT2D eigenvalue weighted by molar-refractivity contribution is -0.135. The van der Waals surface area contributed by atoms with Crippen LogP contribution in [0.15, 0.2) is 28.7 Å². The van der Waals surface area contributed by atoms with Crippen LogP contribution in [0.2, 0.25) is 0 Å². The van der Waals surface area contributed by atoms with E-state index in [4.69, 9.17) is 0 Å². The Balaban J connectivity index is 0.00000220. The maximum atomic E-state index is 12.5. The van der Waals surface area contributed by atoms with Crippen LogP contribution in [0.4, 0.5) is 0 Å². The predicted molar refractivity (Wildman–Crippen MR) is 99.0 cm³/mol. The Morgan fingerprint density at radius 2 is 1.82 bits per heavy atom. The maximum absolute atomic E-state index is 12.5. The SMILES string of the molecule is CC(C(=O)N(C)Cc1ccc(Br)cc1)N1CCNCC1.Cl.Cl. The second-order valence-corrected chi connectivity index (χ2v) is 6.20. The van der Waals surface area contributed by atoms with Crippen molar-refractivity contribution in [3.8, 4) is 0 Å². The van der Waals surface area contributed by atoms with E-state index in [0.29, 0.717) is 6.54 Å². The van der Waals surface area contributed by atoms with E-state index in [1.54, 1.807) is 0 Å². The number of nitrogens with one attached hydrogen (secondary N) is 1. The van der Waals surface area contributed by atoms with Crippen molar-refractivity contribution in [3.05, 3.63) is 34.3 Å². The van der Waals surface area contributed by atoms with Gasteiger partial charge in [0.15, 0.2) is 0 Å². The summed E-state index contributed by atoms with van der Waals surface area (Å²) in [6.07, 6.45) is 0. The van der Waals surface area contributed by atoms with Gasteiger partial charge in [0.25, 0.3) is 0 Å². The normalized spacial score (nSPS) is 16.1. The molecule has 1 fully saturated rings. The van der Waals surface area contributed by atoms with E-state index in [2.05, 4.69) is 26.1 Å². The zero-order valence-electron chi connectivity index (χ0n) is 12.9. The van der Waals surface area contributed by atoms with Gasteiger partial charge in [-0.05, 0) is 24.6 Å². The molecule has 1 saturated heterocycles. The molecule has 1 unspecified atom stereocenters. The molecule has 1 atom stereocenters. The van der Waals surface area contributed by atoms with Crippen LogP contribution in [0.1, 0.15) is 12.5 Å². The number of benzene rings is 1. The third-order valence-corrected chi connectivity index (χ3v) is 4.29. The fourth-order valence-corrected chi connectivity index (χ4v) is 2.75. The van der Waals surface area contributed by atoms with Gasteiger partial charge in [-0.1, -0.05) is 28.1 Å². The second-order valence-electron chi connectivity index (χ2n) is 5.28. The van der Waals surface area contributed by atoms with Crippen LogP contribution >= 0.6 is 40.7 Å². The predicted octanol–water partition coefficient (Wildman–Crippen LogP) is 2.54. The van der Waals surface area contributed by atoms with Crippen LogP contribution in [-0.4, -0.2) is 55.0 Å².